The quantitative estimate of drug-likeness (QED) is 0.525. The minimum Gasteiger partial charge on any atom is -0.368 e. The van der Waals surface area contributed by atoms with Crippen LogP contribution in [0.3, 0.4) is 0 Å². The molecule has 0 bridgehead atoms. The molecule has 0 aliphatic heterocycles. The number of nitrogens with two attached hydrogens (primary N) is 2. The van der Waals surface area contributed by atoms with E-state index in [1.165, 1.54) is 6.07 Å². The van der Waals surface area contributed by atoms with Crippen molar-refractivity contribution in [1.29, 1.82) is 0 Å². The smallest absolute Gasteiger partial charge is 0.273 e. The van der Waals surface area contributed by atoms with Crippen LogP contribution in [0.25, 0.3) is 0 Å². The van der Waals surface area contributed by atoms with E-state index in [1.54, 1.807) is 0 Å². The molecule has 1 heterocycles. The fourth-order valence-electron chi connectivity index (χ4n) is 0.654. The van der Waals surface area contributed by atoms with E-state index < -0.39 is 11.8 Å². The molecule has 0 fully saturated rings. The highest BCUT2D eigenvalue weighted by molar-refractivity contribution is 5.94. The molecule has 0 spiro atoms. The molecule has 0 atom stereocenters. The van der Waals surface area contributed by atoms with Crippen molar-refractivity contribution in [1.82, 2.24) is 10.5 Å². The Kier molecular flexibility index (Phi) is 2.48. The van der Waals surface area contributed by atoms with Crippen molar-refractivity contribution in [3.8, 4) is 0 Å². The molecule has 5 N–H and O–H groups in total. The van der Waals surface area contributed by atoms with Crippen LogP contribution in [0, 0.1) is 0 Å². The van der Waals surface area contributed by atoms with Crippen molar-refractivity contribution < 1.29 is 14.1 Å². The molecule has 0 aromatic carbocycles. The molecule has 13 heavy (non-hydrogen) atoms. The first-order valence-corrected chi connectivity index (χ1v) is 3.38. The summed E-state index contributed by atoms with van der Waals surface area (Å²) in [6.07, 6.45) is 0. The summed E-state index contributed by atoms with van der Waals surface area (Å²) >= 11 is 0. The van der Waals surface area contributed by atoms with Gasteiger partial charge in [-0.1, -0.05) is 5.16 Å². The SMILES string of the molecule is NC(=O)CNC(=O)c1cc(N)on1. The van der Waals surface area contributed by atoms with Gasteiger partial charge in [0.1, 0.15) is 0 Å². The third-order valence-electron chi connectivity index (χ3n) is 1.18. The highest BCUT2D eigenvalue weighted by Crippen LogP contribution is 2.03. The van der Waals surface area contributed by atoms with E-state index in [1.807, 2.05) is 0 Å². The van der Waals surface area contributed by atoms with Gasteiger partial charge in [0.15, 0.2) is 5.69 Å². The van der Waals surface area contributed by atoms with E-state index in [-0.39, 0.29) is 18.1 Å². The number of hydrogen-bond acceptors (Lipinski definition) is 5. The van der Waals surface area contributed by atoms with Crippen molar-refractivity contribution in [2.75, 3.05) is 12.3 Å². The van der Waals surface area contributed by atoms with Gasteiger partial charge in [0, 0.05) is 6.07 Å². The third kappa shape index (κ3) is 2.47. The van der Waals surface area contributed by atoms with E-state index in [9.17, 15) is 9.59 Å². The number of carbonyl (C=O) groups excluding carboxylic acids is 2. The van der Waals surface area contributed by atoms with Crippen LogP contribution >= 0.6 is 0 Å². The molecule has 0 saturated heterocycles. The normalized spacial score (nSPS) is 9.54. The molecule has 0 saturated carbocycles. The molecule has 0 aliphatic carbocycles. The van der Waals surface area contributed by atoms with Gasteiger partial charge in [-0.25, -0.2) is 0 Å². The van der Waals surface area contributed by atoms with Gasteiger partial charge in [0.2, 0.25) is 11.8 Å². The van der Waals surface area contributed by atoms with E-state index >= 15 is 0 Å². The highest BCUT2D eigenvalue weighted by Gasteiger charge is 2.10. The summed E-state index contributed by atoms with van der Waals surface area (Å²) < 4.78 is 4.44. The summed E-state index contributed by atoms with van der Waals surface area (Å²) in [6, 6.07) is 1.25. The lowest BCUT2D eigenvalue weighted by atomic mass is 10.4. The molecular weight excluding hydrogens is 176 g/mol. The van der Waals surface area contributed by atoms with E-state index in [0.717, 1.165) is 0 Å². The van der Waals surface area contributed by atoms with Crippen LogP contribution in [-0.2, 0) is 4.79 Å². The monoisotopic (exact) mass is 184 g/mol. The van der Waals surface area contributed by atoms with Crippen molar-refractivity contribution in [2.45, 2.75) is 0 Å². The molecule has 0 unspecified atom stereocenters. The highest BCUT2D eigenvalue weighted by atomic mass is 16.5. The van der Waals surface area contributed by atoms with Gasteiger partial charge in [-0.05, 0) is 0 Å². The molecular formula is C6H8N4O3. The van der Waals surface area contributed by atoms with Crippen molar-refractivity contribution >= 4 is 17.7 Å². The number of hydrogen-bond donors (Lipinski definition) is 3. The molecule has 70 valence electrons. The van der Waals surface area contributed by atoms with E-state index in [4.69, 9.17) is 11.5 Å². The minimum absolute atomic E-state index is 0.0127. The lowest BCUT2D eigenvalue weighted by molar-refractivity contribution is -0.117. The maximum atomic E-state index is 11.1. The Morgan fingerprint density at radius 1 is 1.62 bits per heavy atom. The van der Waals surface area contributed by atoms with Crippen molar-refractivity contribution in [3.05, 3.63) is 11.8 Å². The Hall–Kier alpha value is -2.05. The first kappa shape index (κ1) is 9.04. The van der Waals surface area contributed by atoms with Gasteiger partial charge < -0.3 is 21.3 Å². The number of primary amides is 1. The van der Waals surface area contributed by atoms with Gasteiger partial charge in [0.25, 0.3) is 5.91 Å². The van der Waals surface area contributed by atoms with E-state index in [0.29, 0.717) is 0 Å². The predicted molar refractivity (Wildman–Crippen MR) is 42.4 cm³/mol. The number of aromatic nitrogens is 1. The van der Waals surface area contributed by atoms with Gasteiger partial charge in [-0.15, -0.1) is 0 Å². The van der Waals surface area contributed by atoms with Gasteiger partial charge in [-0.3, -0.25) is 9.59 Å². The lowest BCUT2D eigenvalue weighted by Crippen LogP contribution is -2.33. The Morgan fingerprint density at radius 2 is 2.31 bits per heavy atom. The van der Waals surface area contributed by atoms with Gasteiger partial charge in [0.05, 0.1) is 6.54 Å². The largest absolute Gasteiger partial charge is 0.368 e. The number of amides is 2. The van der Waals surface area contributed by atoms with Crippen LogP contribution < -0.4 is 16.8 Å². The second kappa shape index (κ2) is 3.57. The average Bonchev–Trinajstić information content (AvgIpc) is 2.47. The maximum Gasteiger partial charge on any atom is 0.273 e. The molecule has 0 radical (unpaired) electrons. The summed E-state index contributed by atoms with van der Waals surface area (Å²) in [4.78, 5) is 21.3. The van der Waals surface area contributed by atoms with Crippen LogP contribution in [0.2, 0.25) is 0 Å². The Labute approximate surface area is 73.0 Å². The molecule has 7 nitrogen and oxygen atoms in total. The Morgan fingerprint density at radius 3 is 2.77 bits per heavy atom. The lowest BCUT2D eigenvalue weighted by Gasteiger charge is -1.96. The van der Waals surface area contributed by atoms with Crippen LogP contribution in [0.15, 0.2) is 10.6 Å². The number of carbonyl (C=O) groups is 2. The van der Waals surface area contributed by atoms with Gasteiger partial charge >= 0.3 is 0 Å². The topological polar surface area (TPSA) is 124 Å². The Bertz CT molecular complexity index is 332. The number of rotatable bonds is 3. The minimum atomic E-state index is -0.634. The van der Waals surface area contributed by atoms with Crippen LogP contribution in [0.4, 0.5) is 5.88 Å². The van der Waals surface area contributed by atoms with Gasteiger partial charge in [-0.2, -0.15) is 0 Å². The fourth-order valence-corrected chi connectivity index (χ4v) is 0.654. The second-order valence-electron chi connectivity index (χ2n) is 2.26. The second-order valence-corrected chi connectivity index (χ2v) is 2.26. The predicted octanol–water partition coefficient (Wildman–Crippen LogP) is -1.53. The number of nitrogens with one attached hydrogen (secondary N) is 1. The Balaban J connectivity index is 2.54. The molecule has 7 heteroatoms. The molecule has 2 amide bonds. The molecule has 0 aliphatic rings. The molecule has 1 aromatic heterocycles. The molecule has 1 aromatic rings. The summed E-state index contributed by atoms with van der Waals surface area (Å²) in [5, 5.41) is 5.55. The van der Waals surface area contributed by atoms with E-state index in [2.05, 4.69) is 15.0 Å². The average molecular weight is 184 g/mol. The maximum absolute atomic E-state index is 11.1. The van der Waals surface area contributed by atoms with Crippen LogP contribution in [0.5, 0.6) is 0 Å². The summed E-state index contributed by atoms with van der Waals surface area (Å²) in [5.74, 6) is -1.16. The van der Waals surface area contributed by atoms with Crippen molar-refractivity contribution in [2.24, 2.45) is 5.73 Å². The van der Waals surface area contributed by atoms with Crippen LogP contribution in [-0.4, -0.2) is 23.5 Å². The first-order valence-electron chi connectivity index (χ1n) is 3.38. The standard InChI is InChI=1S/C6H8N4O3/c7-4(11)2-9-6(12)3-1-5(8)13-10-3/h1H,2,8H2,(H2,7,11)(H,9,12). The number of nitrogens with zero attached hydrogens (tertiary/aromatic N) is 1. The number of anilines is 1. The zero-order valence-corrected chi connectivity index (χ0v) is 6.61. The fraction of sp³-hybridized carbons (Fsp3) is 0.167. The number of nitrogen functional groups attached to an aromatic ring is 1. The summed E-state index contributed by atoms with van der Waals surface area (Å²) in [5.41, 5.74) is 9.99. The summed E-state index contributed by atoms with van der Waals surface area (Å²) in [7, 11) is 0. The third-order valence-corrected chi connectivity index (χ3v) is 1.18. The first-order chi connectivity index (χ1) is 6.09. The molecule has 1 rings (SSSR count). The zero-order chi connectivity index (χ0) is 9.84. The summed E-state index contributed by atoms with van der Waals surface area (Å²) in [6.45, 7) is -0.244. The van der Waals surface area contributed by atoms with Crippen molar-refractivity contribution in [3.63, 3.8) is 0 Å². The zero-order valence-electron chi connectivity index (χ0n) is 6.61. The van der Waals surface area contributed by atoms with Crippen LogP contribution in [0.1, 0.15) is 10.5 Å².